The summed E-state index contributed by atoms with van der Waals surface area (Å²) in [6, 6.07) is 12.7. The Hall–Kier alpha value is -2.41. The maximum Gasteiger partial charge on any atom is 0.303 e. The summed E-state index contributed by atoms with van der Waals surface area (Å²) in [7, 11) is 0. The number of carbonyl (C=O) groups is 1. The molecule has 0 radical (unpaired) electrons. The minimum atomic E-state index is -0.805. The third-order valence-electron chi connectivity index (χ3n) is 4.86. The number of benzene rings is 2. The number of carboxylic acid groups (broad SMARTS) is 1. The standard InChI is InChI=1S/C22H29NO5/c1-14(8-22(27)28)17-5-3-4-16(10-17)9-15(2)23-12-21(26)18-6-7-20(25)19(11-18)13-24/h3-7,10-11,14-15,21,23-26H,8-9,12-13H2,1-2H3,(H,27,28)/t14?,15-,21-/m1/s1. The lowest BCUT2D eigenvalue weighted by atomic mass is 9.94. The van der Waals surface area contributed by atoms with Crippen LogP contribution in [0.3, 0.4) is 0 Å². The molecule has 0 fully saturated rings. The number of hydrogen-bond acceptors (Lipinski definition) is 5. The first-order valence-electron chi connectivity index (χ1n) is 9.44. The lowest BCUT2D eigenvalue weighted by molar-refractivity contribution is -0.137. The summed E-state index contributed by atoms with van der Waals surface area (Å²) in [6.45, 7) is 3.98. The lowest BCUT2D eigenvalue weighted by Gasteiger charge is -2.19. The van der Waals surface area contributed by atoms with Crippen LogP contribution in [0.5, 0.6) is 5.75 Å². The van der Waals surface area contributed by atoms with Crippen LogP contribution >= 0.6 is 0 Å². The fraction of sp³-hybridized carbons (Fsp3) is 0.409. The number of carboxylic acids is 1. The summed E-state index contributed by atoms with van der Waals surface area (Å²) in [6.07, 6.45) is 0.0965. The molecule has 0 aromatic heterocycles. The van der Waals surface area contributed by atoms with Gasteiger partial charge in [0.15, 0.2) is 0 Å². The van der Waals surface area contributed by atoms with Crippen molar-refractivity contribution in [3.8, 4) is 5.75 Å². The highest BCUT2D eigenvalue weighted by Gasteiger charge is 2.14. The molecule has 0 aliphatic rings. The van der Waals surface area contributed by atoms with Crippen LogP contribution in [0.4, 0.5) is 0 Å². The molecule has 0 aliphatic heterocycles. The third-order valence-corrected chi connectivity index (χ3v) is 4.86. The van der Waals surface area contributed by atoms with Crippen molar-refractivity contribution in [1.82, 2.24) is 5.32 Å². The zero-order valence-corrected chi connectivity index (χ0v) is 16.3. The van der Waals surface area contributed by atoms with Gasteiger partial charge in [-0.05, 0) is 48.1 Å². The number of hydrogen-bond donors (Lipinski definition) is 5. The molecule has 0 spiro atoms. The molecule has 0 aliphatic carbocycles. The van der Waals surface area contributed by atoms with Crippen molar-refractivity contribution < 1.29 is 25.2 Å². The van der Waals surface area contributed by atoms with Crippen molar-refractivity contribution in [1.29, 1.82) is 0 Å². The van der Waals surface area contributed by atoms with Crippen LogP contribution in [0, 0.1) is 0 Å². The van der Waals surface area contributed by atoms with Crippen molar-refractivity contribution in [3.63, 3.8) is 0 Å². The van der Waals surface area contributed by atoms with Gasteiger partial charge >= 0.3 is 5.97 Å². The van der Waals surface area contributed by atoms with E-state index in [1.807, 2.05) is 38.1 Å². The normalized spacial score (nSPS) is 14.4. The Morgan fingerprint density at radius 3 is 2.54 bits per heavy atom. The smallest absolute Gasteiger partial charge is 0.303 e. The van der Waals surface area contributed by atoms with Gasteiger partial charge in [0.25, 0.3) is 0 Å². The molecule has 2 aromatic rings. The molecular weight excluding hydrogens is 358 g/mol. The van der Waals surface area contributed by atoms with Crippen molar-refractivity contribution in [3.05, 3.63) is 64.7 Å². The van der Waals surface area contributed by atoms with Crippen molar-refractivity contribution in [2.24, 2.45) is 0 Å². The van der Waals surface area contributed by atoms with Crippen LogP contribution in [0.25, 0.3) is 0 Å². The van der Waals surface area contributed by atoms with E-state index >= 15 is 0 Å². The van der Waals surface area contributed by atoms with Gasteiger partial charge in [0.1, 0.15) is 5.75 Å². The molecule has 0 heterocycles. The van der Waals surface area contributed by atoms with E-state index in [0.29, 0.717) is 17.7 Å². The second-order valence-electron chi connectivity index (χ2n) is 7.32. The molecule has 0 saturated carbocycles. The van der Waals surface area contributed by atoms with Crippen LogP contribution in [-0.4, -0.2) is 39.0 Å². The minimum absolute atomic E-state index is 0.0109. The van der Waals surface area contributed by atoms with Gasteiger partial charge in [-0.2, -0.15) is 0 Å². The van der Waals surface area contributed by atoms with E-state index in [0.717, 1.165) is 17.5 Å². The molecule has 28 heavy (non-hydrogen) atoms. The molecule has 6 heteroatoms. The Balaban J connectivity index is 1.91. The molecular formula is C22H29NO5. The van der Waals surface area contributed by atoms with Crippen LogP contribution in [-0.2, 0) is 17.8 Å². The van der Waals surface area contributed by atoms with Crippen molar-refractivity contribution in [2.75, 3.05) is 6.54 Å². The topological polar surface area (TPSA) is 110 Å². The molecule has 0 amide bonds. The third kappa shape index (κ3) is 6.34. The Kier molecular flexibility index (Phi) is 7.99. The zero-order chi connectivity index (χ0) is 20.7. The van der Waals surface area contributed by atoms with Gasteiger partial charge < -0.3 is 25.7 Å². The lowest BCUT2D eigenvalue weighted by Crippen LogP contribution is -2.32. The van der Waals surface area contributed by atoms with Gasteiger partial charge in [-0.25, -0.2) is 0 Å². The van der Waals surface area contributed by atoms with E-state index in [2.05, 4.69) is 5.32 Å². The molecule has 2 rings (SSSR count). The molecule has 0 saturated heterocycles. The van der Waals surface area contributed by atoms with Gasteiger partial charge in [0, 0.05) is 18.2 Å². The van der Waals surface area contributed by atoms with Crippen molar-refractivity contribution in [2.45, 2.75) is 51.4 Å². The minimum Gasteiger partial charge on any atom is -0.508 e. The molecule has 152 valence electrons. The first kappa shape index (κ1) is 21.9. The number of aliphatic hydroxyl groups is 2. The molecule has 6 nitrogen and oxygen atoms in total. The van der Waals surface area contributed by atoms with Crippen LogP contribution < -0.4 is 5.32 Å². The predicted octanol–water partition coefficient (Wildman–Crippen LogP) is 2.72. The van der Waals surface area contributed by atoms with E-state index < -0.39 is 12.1 Å². The molecule has 1 unspecified atom stereocenters. The van der Waals surface area contributed by atoms with Crippen LogP contribution in [0.2, 0.25) is 0 Å². The Bertz CT molecular complexity index is 792. The highest BCUT2D eigenvalue weighted by Crippen LogP contribution is 2.23. The second-order valence-corrected chi connectivity index (χ2v) is 7.32. The highest BCUT2D eigenvalue weighted by atomic mass is 16.4. The highest BCUT2D eigenvalue weighted by molar-refractivity contribution is 5.68. The van der Waals surface area contributed by atoms with Crippen LogP contribution in [0.15, 0.2) is 42.5 Å². The monoisotopic (exact) mass is 387 g/mol. The van der Waals surface area contributed by atoms with Gasteiger partial charge in [0.05, 0.1) is 19.1 Å². The number of aliphatic carboxylic acids is 1. The van der Waals surface area contributed by atoms with E-state index in [9.17, 15) is 20.1 Å². The fourth-order valence-corrected chi connectivity index (χ4v) is 3.20. The fourth-order valence-electron chi connectivity index (χ4n) is 3.20. The quantitative estimate of drug-likeness (QED) is 0.429. The SMILES string of the molecule is CC(CC(=O)O)c1cccc(C[C@@H](C)NC[C@@H](O)c2ccc(O)c(CO)c2)c1. The number of aliphatic hydroxyl groups excluding tert-OH is 2. The Morgan fingerprint density at radius 1 is 1.11 bits per heavy atom. The first-order valence-corrected chi connectivity index (χ1v) is 9.44. The predicted molar refractivity (Wildman–Crippen MR) is 107 cm³/mol. The van der Waals surface area contributed by atoms with E-state index in [1.54, 1.807) is 12.1 Å². The summed E-state index contributed by atoms with van der Waals surface area (Å²) >= 11 is 0. The van der Waals surface area contributed by atoms with Crippen molar-refractivity contribution >= 4 is 5.97 Å². The Morgan fingerprint density at radius 2 is 1.86 bits per heavy atom. The first-order chi connectivity index (χ1) is 13.3. The summed E-state index contributed by atoms with van der Waals surface area (Å²) in [4.78, 5) is 10.9. The largest absolute Gasteiger partial charge is 0.508 e. The van der Waals surface area contributed by atoms with Gasteiger partial charge in [-0.3, -0.25) is 4.79 Å². The van der Waals surface area contributed by atoms with Gasteiger partial charge in [-0.15, -0.1) is 0 Å². The number of phenols is 1. The molecule has 5 N–H and O–H groups in total. The molecule has 3 atom stereocenters. The number of aromatic hydroxyl groups is 1. The van der Waals surface area contributed by atoms with Crippen LogP contribution in [0.1, 0.15) is 54.5 Å². The maximum atomic E-state index is 10.9. The Labute approximate surface area is 165 Å². The second kappa shape index (κ2) is 10.2. The van der Waals surface area contributed by atoms with Gasteiger partial charge in [0.2, 0.25) is 0 Å². The van der Waals surface area contributed by atoms with Gasteiger partial charge in [-0.1, -0.05) is 37.3 Å². The van der Waals surface area contributed by atoms with E-state index in [1.165, 1.54) is 6.07 Å². The number of rotatable bonds is 10. The van der Waals surface area contributed by atoms with E-state index in [-0.39, 0.29) is 30.7 Å². The average Bonchev–Trinajstić information content (AvgIpc) is 2.66. The summed E-state index contributed by atoms with van der Waals surface area (Å²) in [5, 5.41) is 41.5. The molecule has 2 aromatic carbocycles. The maximum absolute atomic E-state index is 10.9. The zero-order valence-electron chi connectivity index (χ0n) is 16.3. The summed E-state index contributed by atoms with van der Waals surface area (Å²) < 4.78 is 0. The summed E-state index contributed by atoms with van der Waals surface area (Å²) in [5.74, 6) is -0.838. The average molecular weight is 387 g/mol. The molecule has 0 bridgehead atoms. The van der Waals surface area contributed by atoms with E-state index in [4.69, 9.17) is 5.11 Å². The summed E-state index contributed by atoms with van der Waals surface area (Å²) in [5.41, 5.74) is 3.13. The number of nitrogens with one attached hydrogen (secondary N) is 1.